The number of furan rings is 1. The van der Waals surface area contributed by atoms with Crippen LogP contribution in [-0.4, -0.2) is 59.3 Å². The maximum atomic E-state index is 12.6. The van der Waals surface area contributed by atoms with Gasteiger partial charge in [0.2, 0.25) is 0 Å². The average Bonchev–Trinajstić information content (AvgIpc) is 3.29. The molecule has 0 N–H and O–H groups in total. The van der Waals surface area contributed by atoms with Gasteiger partial charge in [-0.05, 0) is 38.8 Å². The molecule has 26 heavy (non-hydrogen) atoms. The van der Waals surface area contributed by atoms with Crippen molar-refractivity contribution in [1.82, 2.24) is 15.0 Å². The first-order chi connectivity index (χ1) is 12.6. The van der Waals surface area contributed by atoms with E-state index < -0.39 is 0 Å². The Hall–Kier alpha value is -2.12. The number of ether oxygens (including phenoxy) is 1. The minimum absolute atomic E-state index is 0.0455. The second-order valence-electron chi connectivity index (χ2n) is 7.31. The van der Waals surface area contributed by atoms with Crippen molar-refractivity contribution in [3.63, 3.8) is 0 Å². The van der Waals surface area contributed by atoms with Crippen molar-refractivity contribution in [2.75, 3.05) is 32.8 Å². The van der Waals surface area contributed by atoms with Crippen molar-refractivity contribution in [3.05, 3.63) is 41.2 Å². The van der Waals surface area contributed by atoms with E-state index in [4.69, 9.17) is 13.7 Å². The Morgan fingerprint density at radius 2 is 2.08 bits per heavy atom. The van der Waals surface area contributed by atoms with Crippen molar-refractivity contribution in [2.24, 2.45) is 0 Å². The van der Waals surface area contributed by atoms with E-state index in [2.05, 4.69) is 10.1 Å². The summed E-state index contributed by atoms with van der Waals surface area (Å²) in [5, 5.41) is 4.04. The van der Waals surface area contributed by atoms with E-state index in [0.717, 1.165) is 43.9 Å². The second-order valence-corrected chi connectivity index (χ2v) is 7.31. The zero-order chi connectivity index (χ0) is 18.1. The molecule has 2 aromatic rings. The van der Waals surface area contributed by atoms with Gasteiger partial charge in [0.1, 0.15) is 5.76 Å². The van der Waals surface area contributed by atoms with Gasteiger partial charge in [-0.25, -0.2) is 0 Å². The molecule has 4 rings (SSSR count). The largest absolute Gasteiger partial charge is 0.459 e. The van der Waals surface area contributed by atoms with Crippen LogP contribution >= 0.6 is 0 Å². The summed E-state index contributed by atoms with van der Waals surface area (Å²) in [7, 11) is 0. The zero-order valence-corrected chi connectivity index (χ0v) is 15.4. The number of likely N-dealkylation sites (tertiary alicyclic amines) is 1. The van der Waals surface area contributed by atoms with Gasteiger partial charge >= 0.3 is 0 Å². The van der Waals surface area contributed by atoms with Gasteiger partial charge in [0, 0.05) is 31.7 Å². The number of aryl methyl sites for hydroxylation is 2. The Kier molecular flexibility index (Phi) is 4.58. The first-order valence-electron chi connectivity index (χ1n) is 9.17. The molecule has 1 amide bonds. The predicted octanol–water partition coefficient (Wildman–Crippen LogP) is 2.39. The minimum Gasteiger partial charge on any atom is -0.459 e. The topological polar surface area (TPSA) is 72.0 Å². The summed E-state index contributed by atoms with van der Waals surface area (Å²) in [6.45, 7) is 8.50. The van der Waals surface area contributed by atoms with Crippen LogP contribution in [0.25, 0.3) is 0 Å². The molecule has 4 heterocycles. The normalized spacial score (nSPS) is 20.6. The lowest BCUT2D eigenvalue weighted by molar-refractivity contribution is -0.128. The SMILES string of the molecule is Cc1noc(C)c1CN1CCC2(CC1)CN(C(=O)c1ccco1)CCO2. The number of morpholine rings is 1. The molecular weight excluding hydrogens is 334 g/mol. The third-order valence-corrected chi connectivity index (χ3v) is 5.60. The smallest absolute Gasteiger partial charge is 0.289 e. The molecule has 7 nitrogen and oxygen atoms in total. The molecule has 2 aromatic heterocycles. The lowest BCUT2D eigenvalue weighted by atomic mass is 9.89. The fourth-order valence-electron chi connectivity index (χ4n) is 3.95. The van der Waals surface area contributed by atoms with Gasteiger partial charge in [-0.15, -0.1) is 0 Å². The average molecular weight is 359 g/mol. The first-order valence-corrected chi connectivity index (χ1v) is 9.17. The lowest BCUT2D eigenvalue weighted by Gasteiger charge is -2.47. The van der Waals surface area contributed by atoms with E-state index in [9.17, 15) is 4.79 Å². The van der Waals surface area contributed by atoms with E-state index in [1.54, 1.807) is 12.1 Å². The Morgan fingerprint density at radius 1 is 1.27 bits per heavy atom. The van der Waals surface area contributed by atoms with Crippen LogP contribution < -0.4 is 0 Å². The number of piperidine rings is 1. The summed E-state index contributed by atoms with van der Waals surface area (Å²) >= 11 is 0. The zero-order valence-electron chi connectivity index (χ0n) is 15.4. The number of amides is 1. The van der Waals surface area contributed by atoms with Crippen LogP contribution in [0.15, 0.2) is 27.3 Å². The molecule has 0 atom stereocenters. The van der Waals surface area contributed by atoms with Gasteiger partial charge < -0.3 is 18.6 Å². The van der Waals surface area contributed by atoms with Crippen LogP contribution in [0, 0.1) is 13.8 Å². The molecule has 0 aromatic carbocycles. The maximum Gasteiger partial charge on any atom is 0.289 e. The molecule has 7 heteroatoms. The molecule has 1 spiro atoms. The van der Waals surface area contributed by atoms with Crippen molar-refractivity contribution >= 4 is 5.91 Å². The molecule has 2 aliphatic rings. The van der Waals surface area contributed by atoms with E-state index in [0.29, 0.717) is 25.5 Å². The summed E-state index contributed by atoms with van der Waals surface area (Å²) in [5.41, 5.74) is 1.91. The number of carbonyl (C=O) groups is 1. The van der Waals surface area contributed by atoms with Crippen LogP contribution in [0.5, 0.6) is 0 Å². The molecule has 2 saturated heterocycles. The molecule has 140 valence electrons. The fourth-order valence-corrected chi connectivity index (χ4v) is 3.95. The van der Waals surface area contributed by atoms with E-state index in [1.165, 1.54) is 11.8 Å². The Bertz CT molecular complexity index is 740. The monoisotopic (exact) mass is 359 g/mol. The molecule has 2 aliphatic heterocycles. The highest BCUT2D eigenvalue weighted by Gasteiger charge is 2.41. The number of carbonyl (C=O) groups excluding carboxylic acids is 1. The summed E-state index contributed by atoms with van der Waals surface area (Å²) in [4.78, 5) is 16.9. The molecule has 0 aliphatic carbocycles. The van der Waals surface area contributed by atoms with Crippen molar-refractivity contribution in [2.45, 2.75) is 38.8 Å². The standard InChI is InChI=1S/C19H25N3O4/c1-14-16(15(2)26-20-14)12-21-7-5-19(6-8-21)13-22(9-11-25-19)18(23)17-4-3-10-24-17/h3-4,10H,5-9,11-13H2,1-2H3. The molecule has 0 radical (unpaired) electrons. The number of hydrogen-bond donors (Lipinski definition) is 0. The van der Waals surface area contributed by atoms with Crippen LogP contribution in [0.2, 0.25) is 0 Å². The molecule has 0 unspecified atom stereocenters. The summed E-state index contributed by atoms with van der Waals surface area (Å²) in [5.74, 6) is 1.25. The summed E-state index contributed by atoms with van der Waals surface area (Å²) in [6, 6.07) is 3.47. The lowest BCUT2D eigenvalue weighted by Crippen LogP contribution is -2.57. The molecule has 2 fully saturated rings. The summed E-state index contributed by atoms with van der Waals surface area (Å²) in [6.07, 6.45) is 3.37. The predicted molar refractivity (Wildman–Crippen MR) is 93.8 cm³/mol. The quantitative estimate of drug-likeness (QED) is 0.838. The fraction of sp³-hybridized carbons (Fsp3) is 0.579. The van der Waals surface area contributed by atoms with Gasteiger partial charge in [0.25, 0.3) is 5.91 Å². The van der Waals surface area contributed by atoms with Crippen LogP contribution in [0.1, 0.15) is 40.4 Å². The van der Waals surface area contributed by atoms with Crippen LogP contribution in [0.3, 0.4) is 0 Å². The van der Waals surface area contributed by atoms with Gasteiger partial charge in [-0.2, -0.15) is 0 Å². The van der Waals surface area contributed by atoms with Gasteiger partial charge in [-0.1, -0.05) is 5.16 Å². The minimum atomic E-state index is -0.240. The van der Waals surface area contributed by atoms with Crippen LogP contribution in [-0.2, 0) is 11.3 Å². The second kappa shape index (κ2) is 6.89. The maximum absolute atomic E-state index is 12.6. The Balaban J connectivity index is 1.37. The highest BCUT2D eigenvalue weighted by atomic mass is 16.5. The first kappa shape index (κ1) is 17.3. The number of aromatic nitrogens is 1. The highest BCUT2D eigenvalue weighted by Crippen LogP contribution is 2.31. The highest BCUT2D eigenvalue weighted by molar-refractivity contribution is 5.91. The molecule has 0 saturated carbocycles. The third-order valence-electron chi connectivity index (χ3n) is 5.60. The van der Waals surface area contributed by atoms with Crippen molar-refractivity contribution in [1.29, 1.82) is 0 Å². The van der Waals surface area contributed by atoms with Gasteiger partial charge in [0.05, 0.1) is 30.7 Å². The summed E-state index contributed by atoms with van der Waals surface area (Å²) < 4.78 is 16.7. The van der Waals surface area contributed by atoms with E-state index in [1.807, 2.05) is 18.7 Å². The van der Waals surface area contributed by atoms with E-state index >= 15 is 0 Å². The van der Waals surface area contributed by atoms with Gasteiger partial charge in [0.15, 0.2) is 5.76 Å². The number of rotatable bonds is 3. The Morgan fingerprint density at radius 3 is 2.73 bits per heavy atom. The van der Waals surface area contributed by atoms with Crippen molar-refractivity contribution in [3.8, 4) is 0 Å². The van der Waals surface area contributed by atoms with E-state index in [-0.39, 0.29) is 11.5 Å². The molecular formula is C19H25N3O4. The van der Waals surface area contributed by atoms with Crippen LogP contribution in [0.4, 0.5) is 0 Å². The Labute approximate surface area is 152 Å². The number of nitrogens with zero attached hydrogens (tertiary/aromatic N) is 3. The third kappa shape index (κ3) is 3.29. The number of hydrogen-bond acceptors (Lipinski definition) is 6. The molecule has 0 bridgehead atoms. The van der Waals surface area contributed by atoms with Crippen molar-refractivity contribution < 1.29 is 18.5 Å². The van der Waals surface area contributed by atoms with Gasteiger partial charge in [-0.3, -0.25) is 9.69 Å².